The molecule has 0 radical (unpaired) electrons. The number of nitrogens with zero attached hydrogens (tertiary/aromatic N) is 4. The van der Waals surface area contributed by atoms with Crippen LogP contribution in [0.1, 0.15) is 18.3 Å². The van der Waals surface area contributed by atoms with Crippen LogP contribution in [-0.4, -0.2) is 20.7 Å². The van der Waals surface area contributed by atoms with Crippen molar-refractivity contribution in [3.63, 3.8) is 0 Å². The maximum atomic E-state index is 8.76. The molecule has 0 spiro atoms. The standard InChI is InChI=1S/C15H11N5/c1-10(18-12-6-4-11(9-16)5-7-12)14-19-13-3-2-8-17-15(13)20-14/h2-8H,1H3,(H,17,19,20). The second kappa shape index (κ2) is 4.94. The molecule has 1 N–H and O–H groups in total. The lowest BCUT2D eigenvalue weighted by molar-refractivity contribution is 1.25. The van der Waals surface area contributed by atoms with Crippen LogP contribution in [0.15, 0.2) is 47.6 Å². The first kappa shape index (κ1) is 12.1. The highest BCUT2D eigenvalue weighted by Gasteiger charge is 2.05. The summed E-state index contributed by atoms with van der Waals surface area (Å²) >= 11 is 0. The van der Waals surface area contributed by atoms with Crippen molar-refractivity contribution in [3.05, 3.63) is 54.0 Å². The van der Waals surface area contributed by atoms with Crippen LogP contribution in [0.25, 0.3) is 11.2 Å². The predicted octanol–water partition coefficient (Wildman–Crippen LogP) is 2.97. The quantitative estimate of drug-likeness (QED) is 0.720. The molecule has 0 aliphatic carbocycles. The number of hydrogen-bond acceptors (Lipinski definition) is 4. The molecule has 2 heterocycles. The largest absolute Gasteiger partial charge is 0.336 e. The predicted molar refractivity (Wildman–Crippen MR) is 76.9 cm³/mol. The summed E-state index contributed by atoms with van der Waals surface area (Å²) in [6.07, 6.45) is 1.71. The van der Waals surface area contributed by atoms with E-state index in [0.29, 0.717) is 17.0 Å². The summed E-state index contributed by atoms with van der Waals surface area (Å²) in [4.78, 5) is 16.2. The fraction of sp³-hybridized carbons (Fsp3) is 0.0667. The normalized spacial score (nSPS) is 11.5. The van der Waals surface area contributed by atoms with E-state index in [1.54, 1.807) is 18.3 Å². The second-order valence-electron chi connectivity index (χ2n) is 4.32. The third-order valence-electron chi connectivity index (χ3n) is 2.89. The molecule has 0 aliphatic rings. The average Bonchev–Trinajstić information content (AvgIpc) is 2.92. The highest BCUT2D eigenvalue weighted by atomic mass is 15.0. The number of fused-ring (bicyclic) bond motifs is 1. The van der Waals surface area contributed by atoms with Gasteiger partial charge in [0.25, 0.3) is 0 Å². The van der Waals surface area contributed by atoms with Crippen LogP contribution in [0.3, 0.4) is 0 Å². The van der Waals surface area contributed by atoms with Crippen molar-refractivity contribution in [2.75, 3.05) is 0 Å². The minimum atomic E-state index is 0.620. The van der Waals surface area contributed by atoms with Crippen molar-refractivity contribution in [1.29, 1.82) is 5.26 Å². The average molecular weight is 261 g/mol. The van der Waals surface area contributed by atoms with Crippen LogP contribution in [0.5, 0.6) is 0 Å². The maximum absolute atomic E-state index is 8.76. The number of aromatic nitrogens is 3. The van der Waals surface area contributed by atoms with Crippen LogP contribution in [0.2, 0.25) is 0 Å². The van der Waals surface area contributed by atoms with E-state index >= 15 is 0 Å². The van der Waals surface area contributed by atoms with Gasteiger partial charge in [0.05, 0.1) is 28.5 Å². The zero-order chi connectivity index (χ0) is 13.9. The maximum Gasteiger partial charge on any atom is 0.178 e. The molecule has 5 heteroatoms. The summed E-state index contributed by atoms with van der Waals surface area (Å²) in [7, 11) is 0. The van der Waals surface area contributed by atoms with Gasteiger partial charge < -0.3 is 4.98 Å². The topological polar surface area (TPSA) is 77.7 Å². The zero-order valence-corrected chi connectivity index (χ0v) is 10.8. The summed E-state index contributed by atoms with van der Waals surface area (Å²) in [5, 5.41) is 8.76. The van der Waals surface area contributed by atoms with Crippen LogP contribution in [0.4, 0.5) is 5.69 Å². The van der Waals surface area contributed by atoms with Gasteiger partial charge in [-0.1, -0.05) is 0 Å². The lowest BCUT2D eigenvalue weighted by atomic mass is 10.2. The van der Waals surface area contributed by atoms with E-state index in [9.17, 15) is 0 Å². The van der Waals surface area contributed by atoms with Crippen LogP contribution < -0.4 is 0 Å². The molecule has 0 saturated carbocycles. The molecule has 3 aromatic rings. The van der Waals surface area contributed by atoms with E-state index < -0.39 is 0 Å². The SMILES string of the molecule is CC(=Nc1ccc(C#N)cc1)c1nc2ncccc2[nH]1. The first-order valence-electron chi connectivity index (χ1n) is 6.13. The zero-order valence-electron chi connectivity index (χ0n) is 10.8. The number of benzene rings is 1. The van der Waals surface area contributed by atoms with Crippen molar-refractivity contribution < 1.29 is 0 Å². The Bertz CT molecular complexity index is 788. The molecule has 0 atom stereocenters. The van der Waals surface area contributed by atoms with E-state index in [-0.39, 0.29) is 0 Å². The Labute approximate surface area is 115 Å². The summed E-state index contributed by atoms with van der Waals surface area (Å²) in [6.45, 7) is 1.88. The van der Waals surface area contributed by atoms with Gasteiger partial charge in [0.2, 0.25) is 0 Å². The minimum absolute atomic E-state index is 0.620. The number of rotatable bonds is 2. The Kier molecular flexibility index (Phi) is 2.98. The summed E-state index contributed by atoms with van der Waals surface area (Å²) < 4.78 is 0. The molecule has 20 heavy (non-hydrogen) atoms. The molecule has 0 amide bonds. The second-order valence-corrected chi connectivity index (χ2v) is 4.32. The Morgan fingerprint density at radius 1 is 1.25 bits per heavy atom. The lowest BCUT2D eigenvalue weighted by Crippen LogP contribution is -1.96. The van der Waals surface area contributed by atoms with Crippen molar-refractivity contribution in [2.45, 2.75) is 6.92 Å². The number of nitrogens with one attached hydrogen (secondary N) is 1. The van der Waals surface area contributed by atoms with Gasteiger partial charge in [-0.3, -0.25) is 0 Å². The van der Waals surface area contributed by atoms with Crippen molar-refractivity contribution >= 4 is 22.6 Å². The molecule has 1 aromatic carbocycles. The number of hydrogen-bond donors (Lipinski definition) is 1. The van der Waals surface area contributed by atoms with Gasteiger partial charge in [0.15, 0.2) is 11.5 Å². The first-order chi connectivity index (χ1) is 9.76. The van der Waals surface area contributed by atoms with Gasteiger partial charge in [0, 0.05) is 6.20 Å². The number of aromatic amines is 1. The number of pyridine rings is 1. The molecule has 2 aromatic heterocycles. The van der Waals surface area contributed by atoms with E-state index in [2.05, 4.69) is 26.0 Å². The Balaban J connectivity index is 1.96. The van der Waals surface area contributed by atoms with Gasteiger partial charge in [-0.25, -0.2) is 15.0 Å². The van der Waals surface area contributed by atoms with E-state index in [0.717, 1.165) is 16.9 Å². The molecule has 3 rings (SSSR count). The Morgan fingerprint density at radius 3 is 2.75 bits per heavy atom. The summed E-state index contributed by atoms with van der Waals surface area (Å²) in [5.74, 6) is 0.697. The molecule has 96 valence electrons. The third kappa shape index (κ3) is 2.27. The van der Waals surface area contributed by atoms with E-state index in [1.165, 1.54) is 0 Å². The fourth-order valence-corrected chi connectivity index (χ4v) is 1.87. The van der Waals surface area contributed by atoms with Crippen molar-refractivity contribution in [1.82, 2.24) is 15.0 Å². The van der Waals surface area contributed by atoms with Gasteiger partial charge in [-0.15, -0.1) is 0 Å². The highest BCUT2D eigenvalue weighted by molar-refractivity contribution is 5.99. The van der Waals surface area contributed by atoms with Gasteiger partial charge in [0.1, 0.15) is 0 Å². The first-order valence-corrected chi connectivity index (χ1v) is 6.13. The lowest BCUT2D eigenvalue weighted by Gasteiger charge is -1.97. The number of imidazole rings is 1. The smallest absolute Gasteiger partial charge is 0.178 e. The fourth-order valence-electron chi connectivity index (χ4n) is 1.87. The van der Waals surface area contributed by atoms with Crippen LogP contribution >= 0.6 is 0 Å². The number of aliphatic imine (C=N–C) groups is 1. The van der Waals surface area contributed by atoms with Crippen LogP contribution in [0, 0.1) is 11.3 Å². The molecule has 0 fully saturated rings. The summed E-state index contributed by atoms with van der Waals surface area (Å²) in [5.41, 5.74) is 3.74. The molecular formula is C15H11N5. The molecule has 0 unspecified atom stereocenters. The molecule has 0 bridgehead atoms. The molecule has 5 nitrogen and oxygen atoms in total. The van der Waals surface area contributed by atoms with Gasteiger partial charge in [-0.2, -0.15) is 5.26 Å². The van der Waals surface area contributed by atoms with Gasteiger partial charge in [-0.05, 0) is 43.3 Å². The highest BCUT2D eigenvalue weighted by Crippen LogP contribution is 2.15. The molecular weight excluding hydrogens is 250 g/mol. The van der Waals surface area contributed by atoms with E-state index in [1.807, 2.05) is 31.2 Å². The van der Waals surface area contributed by atoms with Crippen molar-refractivity contribution in [2.24, 2.45) is 4.99 Å². The third-order valence-corrected chi connectivity index (χ3v) is 2.89. The van der Waals surface area contributed by atoms with Gasteiger partial charge >= 0.3 is 0 Å². The monoisotopic (exact) mass is 261 g/mol. The van der Waals surface area contributed by atoms with E-state index in [4.69, 9.17) is 5.26 Å². The molecule has 0 aliphatic heterocycles. The Hall–Kier alpha value is -3.00. The number of H-pyrrole nitrogens is 1. The van der Waals surface area contributed by atoms with Crippen LogP contribution in [-0.2, 0) is 0 Å². The Morgan fingerprint density at radius 2 is 2.05 bits per heavy atom. The summed E-state index contributed by atoms with van der Waals surface area (Å²) in [6, 6.07) is 13.0. The minimum Gasteiger partial charge on any atom is -0.336 e. The molecule has 0 saturated heterocycles. The number of nitriles is 1. The van der Waals surface area contributed by atoms with Crippen molar-refractivity contribution in [3.8, 4) is 6.07 Å².